The van der Waals surface area contributed by atoms with Crippen molar-refractivity contribution < 1.29 is 57.2 Å². The zero-order chi connectivity index (χ0) is 17.6. The first-order chi connectivity index (χ1) is 11.2. The van der Waals surface area contributed by atoms with Gasteiger partial charge in [-0.25, -0.2) is 9.10 Å². The van der Waals surface area contributed by atoms with Crippen molar-refractivity contribution in [3.8, 4) is 0 Å². The molecular weight excluding hydrogens is 363 g/mol. The van der Waals surface area contributed by atoms with E-state index in [1.54, 1.807) is 0 Å². The molecule has 2 atom stereocenters. The molecule has 12 heteroatoms. The van der Waals surface area contributed by atoms with E-state index in [-0.39, 0.29) is 53.8 Å². The molecule has 0 unspecified atom stereocenters. The smallest absolute Gasteiger partial charge is 0.859 e. The van der Waals surface area contributed by atoms with Gasteiger partial charge in [0.05, 0.1) is 6.04 Å². The summed E-state index contributed by atoms with van der Waals surface area (Å²) in [6.07, 6.45) is 0.231. The first-order valence-corrected chi connectivity index (χ1v) is 8.34. The second-order valence-electron chi connectivity index (χ2n) is 5.45. The summed E-state index contributed by atoms with van der Waals surface area (Å²) in [5.41, 5.74) is 0.379. The van der Waals surface area contributed by atoms with Gasteiger partial charge in [0.25, 0.3) is 5.91 Å². The molecule has 2 aliphatic heterocycles. The number of likely N-dealkylation sites (tertiary alicyclic amines) is 1. The topological polar surface area (TPSA) is 154 Å². The maximum absolute atomic E-state index is 12.3. The summed E-state index contributed by atoms with van der Waals surface area (Å²) in [5.74, 6) is -1.75. The van der Waals surface area contributed by atoms with Crippen LogP contribution in [0.25, 0.3) is 0 Å². The molecule has 2 aliphatic rings. The molecule has 0 spiro atoms. The van der Waals surface area contributed by atoms with Crippen molar-refractivity contribution in [3.63, 3.8) is 0 Å². The Morgan fingerprint density at radius 2 is 2.08 bits per heavy atom. The molecule has 0 bridgehead atoms. The van der Waals surface area contributed by atoms with Gasteiger partial charge in [-0.2, -0.15) is 8.42 Å². The van der Waals surface area contributed by atoms with Crippen molar-refractivity contribution in [1.82, 2.24) is 9.21 Å². The number of carbonyl (C=O) groups excluding carboxylic acids is 2. The van der Waals surface area contributed by atoms with Gasteiger partial charge < -0.3 is 20.7 Å². The molecule has 1 aromatic rings. The predicted octanol–water partition coefficient (Wildman–Crippen LogP) is -4.00. The molecule has 1 aromatic carbocycles. The minimum absolute atomic E-state index is 0. The number of carbonyl (C=O) groups is 2. The molecule has 25 heavy (non-hydrogen) atoms. The van der Waals surface area contributed by atoms with Crippen LogP contribution in [0.4, 0.5) is 10.5 Å². The number of hydrogen-bond donors (Lipinski definition) is 3. The maximum Gasteiger partial charge on any atom is 1.00 e. The van der Waals surface area contributed by atoms with Crippen molar-refractivity contribution in [2.45, 2.75) is 18.5 Å². The number of amides is 3. The molecule has 2 heterocycles. The number of urea groups is 1. The van der Waals surface area contributed by atoms with E-state index in [9.17, 15) is 23.1 Å². The standard InChI is InChI=1S/C13H14N4O6S.Na/c14-11(18)7-2-1-3-8(6-7)15-13(20)16-5-4-9-10(16)12(19)17(9)24(21,22)23;/h1-3,6,9-10H,4-5H2,(H2,14,18)(H,15,20)(H,21,22,23);/q;+1/p-1/t9-,10+;/m1./s1. The monoisotopic (exact) mass is 376 g/mol. The fourth-order valence-corrected chi connectivity index (χ4v) is 3.88. The van der Waals surface area contributed by atoms with E-state index in [4.69, 9.17) is 9.96 Å². The number of hydrogen-bond acceptors (Lipinski definition) is 6. The van der Waals surface area contributed by atoms with Crippen LogP contribution in [-0.2, 0) is 15.1 Å². The maximum atomic E-state index is 12.3. The zero-order valence-electron chi connectivity index (χ0n) is 13.2. The van der Waals surface area contributed by atoms with E-state index in [0.29, 0.717) is 4.31 Å². The van der Waals surface area contributed by atoms with Crippen molar-refractivity contribution in [2.75, 3.05) is 11.9 Å². The van der Waals surface area contributed by atoms with Crippen molar-refractivity contribution in [1.29, 1.82) is 5.41 Å². The summed E-state index contributed by atoms with van der Waals surface area (Å²) in [5, 5.41) is 20.6. The molecular formula is C13H13N4NaO6S. The molecule has 0 aliphatic carbocycles. The Morgan fingerprint density at radius 1 is 1.40 bits per heavy atom. The number of nitrogens with one attached hydrogen (secondary N) is 2. The van der Waals surface area contributed by atoms with Crippen LogP contribution in [0, 0.1) is 5.41 Å². The Hall–Kier alpha value is -1.66. The van der Waals surface area contributed by atoms with E-state index in [0.717, 1.165) is 0 Å². The van der Waals surface area contributed by atoms with Crippen LogP contribution in [0.5, 0.6) is 0 Å². The van der Waals surface area contributed by atoms with Crippen LogP contribution in [-0.4, -0.2) is 58.6 Å². The number of anilines is 1. The summed E-state index contributed by atoms with van der Waals surface area (Å²) >= 11 is 0. The molecule has 10 nitrogen and oxygen atoms in total. The molecule has 2 fully saturated rings. The number of fused-ring (bicyclic) bond motifs is 1. The molecule has 128 valence electrons. The number of β-lactam (4-membered cyclic amide) rings is 1. The zero-order valence-corrected chi connectivity index (χ0v) is 16.0. The van der Waals surface area contributed by atoms with Crippen LogP contribution >= 0.6 is 0 Å². The average Bonchev–Trinajstić information content (AvgIpc) is 2.84. The summed E-state index contributed by atoms with van der Waals surface area (Å²) in [6, 6.07) is 3.45. The van der Waals surface area contributed by atoms with E-state index < -0.39 is 40.2 Å². The Labute approximate surface area is 165 Å². The second kappa shape index (κ2) is 6.92. The fourth-order valence-electron chi connectivity index (χ4n) is 2.98. The van der Waals surface area contributed by atoms with E-state index in [1.807, 2.05) is 0 Å². The van der Waals surface area contributed by atoms with Gasteiger partial charge in [-0.15, -0.1) is 0 Å². The first kappa shape index (κ1) is 19.7. The number of rotatable bonds is 3. The quantitative estimate of drug-likeness (QED) is 0.161. The minimum Gasteiger partial charge on any atom is -0.859 e. The van der Waals surface area contributed by atoms with E-state index in [1.165, 1.54) is 29.2 Å². The van der Waals surface area contributed by atoms with Crippen LogP contribution in [0.2, 0.25) is 0 Å². The van der Waals surface area contributed by atoms with Gasteiger partial charge in [-0.05, 0) is 30.0 Å². The first-order valence-electron chi connectivity index (χ1n) is 6.94. The Balaban J connectivity index is 0.00000225. The molecule has 3 amide bonds. The predicted molar refractivity (Wildman–Crippen MR) is 79.6 cm³/mol. The molecule has 2 saturated heterocycles. The van der Waals surface area contributed by atoms with Gasteiger partial charge in [0.1, 0.15) is 6.04 Å². The Kier molecular flexibility index (Phi) is 5.44. The third-order valence-corrected chi connectivity index (χ3v) is 4.97. The van der Waals surface area contributed by atoms with Gasteiger partial charge in [0.15, 0.2) is 0 Å². The number of nitrogens with zero attached hydrogens (tertiary/aromatic N) is 2. The molecule has 3 rings (SSSR count). The van der Waals surface area contributed by atoms with Crippen molar-refractivity contribution in [2.24, 2.45) is 0 Å². The van der Waals surface area contributed by atoms with Gasteiger partial charge >= 0.3 is 45.9 Å². The molecule has 0 aromatic heterocycles. The molecule has 0 radical (unpaired) electrons. The van der Waals surface area contributed by atoms with Crippen LogP contribution in [0.15, 0.2) is 24.3 Å². The van der Waals surface area contributed by atoms with Crippen LogP contribution in [0.1, 0.15) is 12.0 Å². The summed E-state index contributed by atoms with van der Waals surface area (Å²) in [4.78, 5) is 25.4. The fraction of sp³-hybridized carbons (Fsp3) is 0.308. The van der Waals surface area contributed by atoms with Gasteiger partial charge in [-0.1, -0.05) is 12.1 Å². The van der Waals surface area contributed by atoms with Crippen molar-refractivity contribution in [3.05, 3.63) is 29.8 Å². The molecule has 0 saturated carbocycles. The summed E-state index contributed by atoms with van der Waals surface area (Å²) < 4.78 is 31.6. The van der Waals surface area contributed by atoms with Crippen LogP contribution < -0.4 is 40.0 Å². The minimum atomic E-state index is -4.63. The van der Waals surface area contributed by atoms with Gasteiger partial charge in [-0.3, -0.25) is 9.35 Å². The number of benzene rings is 1. The van der Waals surface area contributed by atoms with Gasteiger partial charge in [0, 0.05) is 12.2 Å². The van der Waals surface area contributed by atoms with E-state index in [2.05, 4.69) is 5.32 Å². The van der Waals surface area contributed by atoms with E-state index >= 15 is 0 Å². The van der Waals surface area contributed by atoms with Gasteiger partial charge in [0.2, 0.25) is 0 Å². The average molecular weight is 376 g/mol. The third kappa shape index (κ3) is 3.51. The largest absolute Gasteiger partial charge is 1.00 e. The summed E-state index contributed by atoms with van der Waals surface area (Å²) in [7, 11) is -4.63. The Bertz CT molecular complexity index is 845. The van der Waals surface area contributed by atoms with Crippen LogP contribution in [0.3, 0.4) is 0 Å². The SMILES string of the molecule is N=C([O-])c1cccc(NC(=O)N2CC[C@@H]3[C@H]2C(=O)N3S(=O)(=O)O)c1.[Na+]. The Morgan fingerprint density at radius 3 is 2.68 bits per heavy atom. The van der Waals surface area contributed by atoms with Crippen molar-refractivity contribution >= 4 is 33.8 Å². The second-order valence-corrected chi connectivity index (χ2v) is 6.74. The normalized spacial score (nSPS) is 21.9. The third-order valence-electron chi connectivity index (χ3n) is 4.02. The summed E-state index contributed by atoms with van der Waals surface area (Å²) in [6.45, 7) is 0.149. The molecule has 3 N–H and O–H groups in total.